The lowest BCUT2D eigenvalue weighted by atomic mass is 10.0. The lowest BCUT2D eigenvalue weighted by Crippen LogP contribution is -2.16. The Morgan fingerprint density at radius 3 is 2.85 bits per heavy atom. The zero-order chi connectivity index (χ0) is 19.2. The molecule has 4 nitrogen and oxygen atoms in total. The maximum Gasteiger partial charge on any atom is 0.183 e. The summed E-state index contributed by atoms with van der Waals surface area (Å²) in [5.74, 6) is 0. The molecule has 3 aromatic rings. The summed E-state index contributed by atoms with van der Waals surface area (Å²) in [5, 5.41) is 4.50. The van der Waals surface area contributed by atoms with Gasteiger partial charge in [-0.1, -0.05) is 56.1 Å². The van der Waals surface area contributed by atoms with Gasteiger partial charge in [-0.15, -0.1) is 0 Å². The molecule has 0 spiro atoms. The monoisotopic (exact) mass is 378 g/mol. The molecule has 0 saturated heterocycles. The lowest BCUT2D eigenvalue weighted by Gasteiger charge is -2.12. The summed E-state index contributed by atoms with van der Waals surface area (Å²) in [6.45, 7) is 10.3. The molecule has 3 aromatic heterocycles. The van der Waals surface area contributed by atoms with Crippen LogP contribution >= 0.6 is 11.3 Å². The summed E-state index contributed by atoms with van der Waals surface area (Å²) in [6.07, 6.45) is 18.0. The third kappa shape index (κ3) is 4.19. The molecule has 5 heteroatoms. The molecule has 0 aliphatic rings. The Hall–Kier alpha value is -2.66. The standard InChI is InChI=1S/C22H26N4S/c1-5-9-16(10-6-2)19-13-17(15-26-12-11-23-21(19)26)20-14-24-22(27-20)25-18(7-3)8-4/h5-6,9-15,18H,1,7-8H2,2-4H3,(H,24,25)/b10-6-,16-9+. The van der Waals surface area contributed by atoms with Crippen LogP contribution in [0.1, 0.15) is 39.2 Å². The maximum absolute atomic E-state index is 4.58. The van der Waals surface area contributed by atoms with Crippen molar-refractivity contribution >= 4 is 27.7 Å². The van der Waals surface area contributed by atoms with Gasteiger partial charge >= 0.3 is 0 Å². The number of nitrogens with zero attached hydrogens (tertiary/aromatic N) is 3. The number of thiazole rings is 1. The largest absolute Gasteiger partial charge is 0.359 e. The van der Waals surface area contributed by atoms with Crippen LogP contribution in [0.15, 0.2) is 61.7 Å². The lowest BCUT2D eigenvalue weighted by molar-refractivity contribution is 0.671. The molecule has 0 fully saturated rings. The van der Waals surface area contributed by atoms with E-state index in [0.717, 1.165) is 45.2 Å². The van der Waals surface area contributed by atoms with Crippen molar-refractivity contribution in [2.24, 2.45) is 0 Å². The van der Waals surface area contributed by atoms with Gasteiger partial charge in [0.1, 0.15) is 5.65 Å². The van der Waals surface area contributed by atoms with E-state index in [1.165, 1.54) is 0 Å². The van der Waals surface area contributed by atoms with E-state index in [2.05, 4.69) is 58.5 Å². The number of pyridine rings is 1. The Labute approximate surface area is 165 Å². The zero-order valence-corrected chi connectivity index (χ0v) is 17.0. The predicted octanol–water partition coefficient (Wildman–Crippen LogP) is 6.20. The average Bonchev–Trinajstić information content (AvgIpc) is 3.34. The summed E-state index contributed by atoms with van der Waals surface area (Å²) < 4.78 is 2.07. The van der Waals surface area contributed by atoms with E-state index in [4.69, 9.17) is 0 Å². The highest BCUT2D eigenvalue weighted by Gasteiger charge is 2.13. The van der Waals surface area contributed by atoms with Crippen LogP contribution in [0.5, 0.6) is 0 Å². The third-order valence-electron chi connectivity index (χ3n) is 4.55. The number of fused-ring (bicyclic) bond motifs is 1. The van der Waals surface area contributed by atoms with E-state index in [1.807, 2.05) is 43.7 Å². The Morgan fingerprint density at radius 2 is 2.15 bits per heavy atom. The number of hydrogen-bond acceptors (Lipinski definition) is 4. The van der Waals surface area contributed by atoms with Gasteiger partial charge in [-0.2, -0.15) is 0 Å². The second-order valence-electron chi connectivity index (χ2n) is 6.35. The quantitative estimate of drug-likeness (QED) is 0.474. The van der Waals surface area contributed by atoms with Crippen LogP contribution in [0.25, 0.3) is 21.7 Å². The second kappa shape index (κ2) is 8.82. The van der Waals surface area contributed by atoms with E-state index >= 15 is 0 Å². The Morgan fingerprint density at radius 1 is 1.33 bits per heavy atom. The number of anilines is 1. The van der Waals surface area contributed by atoms with Gasteiger partial charge in [-0.25, -0.2) is 9.97 Å². The summed E-state index contributed by atoms with van der Waals surface area (Å²) in [6, 6.07) is 2.65. The Kier molecular flexibility index (Phi) is 6.24. The number of hydrogen-bond donors (Lipinski definition) is 1. The highest BCUT2D eigenvalue weighted by molar-refractivity contribution is 7.18. The number of allylic oxidation sites excluding steroid dienone is 5. The fraction of sp³-hybridized carbons (Fsp3) is 0.273. The molecule has 0 saturated carbocycles. The molecule has 3 rings (SSSR count). The van der Waals surface area contributed by atoms with Crippen LogP contribution in [0.2, 0.25) is 0 Å². The molecule has 1 N–H and O–H groups in total. The van der Waals surface area contributed by atoms with Gasteiger partial charge in [0.25, 0.3) is 0 Å². The first-order chi connectivity index (χ1) is 13.2. The molecule has 27 heavy (non-hydrogen) atoms. The molecule has 0 radical (unpaired) electrons. The first kappa shape index (κ1) is 19.1. The summed E-state index contributed by atoms with van der Waals surface area (Å²) in [4.78, 5) is 10.3. The highest BCUT2D eigenvalue weighted by Crippen LogP contribution is 2.33. The minimum atomic E-state index is 0.465. The molecule has 0 aliphatic carbocycles. The van der Waals surface area contributed by atoms with Gasteiger partial charge in [-0.3, -0.25) is 0 Å². The smallest absolute Gasteiger partial charge is 0.183 e. The van der Waals surface area contributed by atoms with Gasteiger partial charge < -0.3 is 9.72 Å². The fourth-order valence-corrected chi connectivity index (χ4v) is 3.94. The first-order valence-corrected chi connectivity index (χ1v) is 10.2. The summed E-state index contributed by atoms with van der Waals surface area (Å²) >= 11 is 1.69. The van der Waals surface area contributed by atoms with Crippen molar-refractivity contribution in [3.05, 3.63) is 67.3 Å². The van der Waals surface area contributed by atoms with Gasteiger partial charge in [0.15, 0.2) is 5.13 Å². The normalized spacial score (nSPS) is 12.4. The Balaban J connectivity index is 2.05. The molecule has 0 aromatic carbocycles. The Bertz CT molecular complexity index is 973. The average molecular weight is 379 g/mol. The van der Waals surface area contributed by atoms with Crippen molar-refractivity contribution in [2.75, 3.05) is 5.32 Å². The molecular weight excluding hydrogens is 352 g/mol. The van der Waals surface area contributed by atoms with E-state index in [1.54, 1.807) is 11.3 Å². The molecule has 0 atom stereocenters. The van der Waals surface area contributed by atoms with Crippen molar-refractivity contribution in [3.63, 3.8) is 0 Å². The molecule has 0 aliphatic heterocycles. The van der Waals surface area contributed by atoms with Crippen molar-refractivity contribution in [1.82, 2.24) is 14.4 Å². The van der Waals surface area contributed by atoms with Crippen LogP contribution in [0.4, 0.5) is 5.13 Å². The van der Waals surface area contributed by atoms with Gasteiger partial charge in [0.05, 0.1) is 4.88 Å². The van der Waals surface area contributed by atoms with E-state index in [9.17, 15) is 0 Å². The van der Waals surface area contributed by atoms with Crippen LogP contribution in [-0.2, 0) is 0 Å². The maximum atomic E-state index is 4.58. The SMILES string of the molecule is C=C/C=C(\C=C/C)c1cc(-c2cnc(NC(CC)CC)s2)cn2ccnc12. The van der Waals surface area contributed by atoms with Crippen molar-refractivity contribution < 1.29 is 0 Å². The molecule has 3 heterocycles. The topological polar surface area (TPSA) is 42.2 Å². The zero-order valence-electron chi connectivity index (χ0n) is 16.1. The van der Waals surface area contributed by atoms with Gasteiger partial charge in [-0.05, 0) is 31.4 Å². The van der Waals surface area contributed by atoms with Crippen molar-refractivity contribution in [3.8, 4) is 10.4 Å². The number of nitrogens with one attached hydrogen (secondary N) is 1. The molecule has 0 bridgehead atoms. The summed E-state index contributed by atoms with van der Waals surface area (Å²) in [5.41, 5.74) is 4.23. The van der Waals surface area contributed by atoms with Crippen LogP contribution in [0, 0.1) is 0 Å². The third-order valence-corrected chi connectivity index (χ3v) is 5.52. The van der Waals surface area contributed by atoms with E-state index in [-0.39, 0.29) is 0 Å². The van der Waals surface area contributed by atoms with E-state index < -0.39 is 0 Å². The highest BCUT2D eigenvalue weighted by atomic mass is 32.1. The number of aromatic nitrogens is 3. The van der Waals surface area contributed by atoms with Crippen LogP contribution in [-0.4, -0.2) is 20.4 Å². The van der Waals surface area contributed by atoms with Gasteiger partial charge in [0.2, 0.25) is 0 Å². The fourth-order valence-electron chi connectivity index (χ4n) is 3.06. The predicted molar refractivity (Wildman–Crippen MR) is 117 cm³/mol. The molecule has 0 unspecified atom stereocenters. The van der Waals surface area contributed by atoms with Gasteiger partial charge in [0, 0.05) is 42.0 Å². The minimum Gasteiger partial charge on any atom is -0.359 e. The van der Waals surface area contributed by atoms with Crippen molar-refractivity contribution in [1.29, 1.82) is 0 Å². The minimum absolute atomic E-state index is 0.465. The van der Waals surface area contributed by atoms with Crippen LogP contribution < -0.4 is 5.32 Å². The first-order valence-electron chi connectivity index (χ1n) is 9.35. The molecule has 0 amide bonds. The second-order valence-corrected chi connectivity index (χ2v) is 7.38. The molecule has 140 valence electrons. The number of imidazole rings is 1. The summed E-state index contributed by atoms with van der Waals surface area (Å²) in [7, 11) is 0. The van der Waals surface area contributed by atoms with E-state index in [0.29, 0.717) is 6.04 Å². The number of rotatable bonds is 8. The molecular formula is C22H26N4S. The van der Waals surface area contributed by atoms with Crippen molar-refractivity contribution in [2.45, 2.75) is 39.7 Å². The van der Waals surface area contributed by atoms with Crippen LogP contribution in [0.3, 0.4) is 0 Å².